The Kier molecular flexibility index (Phi) is 6.08. The molecule has 0 aliphatic carbocycles. The van der Waals surface area contributed by atoms with Crippen LogP contribution < -0.4 is 10.1 Å². The van der Waals surface area contributed by atoms with E-state index in [9.17, 15) is 9.59 Å². The maximum atomic E-state index is 12.7. The van der Waals surface area contributed by atoms with Crippen molar-refractivity contribution in [2.45, 2.75) is 19.5 Å². The Morgan fingerprint density at radius 2 is 2.04 bits per heavy atom. The number of carbonyl (C=O) groups excluding carboxylic acids is 2. The Balaban J connectivity index is 1.74. The number of amides is 2. The van der Waals surface area contributed by atoms with Gasteiger partial charge in [-0.25, -0.2) is 0 Å². The average Bonchev–Trinajstić information content (AvgIpc) is 2.85. The molecule has 0 radical (unpaired) electrons. The van der Waals surface area contributed by atoms with Crippen LogP contribution in [0.1, 0.15) is 34.5 Å². The van der Waals surface area contributed by atoms with Gasteiger partial charge in [-0.2, -0.15) is 0 Å². The van der Waals surface area contributed by atoms with Crippen LogP contribution in [0.4, 0.5) is 0 Å². The molecule has 1 atom stereocenters. The number of methoxy groups -OCH3 is 1. The summed E-state index contributed by atoms with van der Waals surface area (Å²) in [5, 5.41) is 3.01. The minimum atomic E-state index is -0.159. The third kappa shape index (κ3) is 4.65. The fourth-order valence-electron chi connectivity index (χ4n) is 3.02. The molecule has 0 unspecified atom stereocenters. The number of benzene rings is 2. The lowest BCUT2D eigenvalue weighted by Crippen LogP contribution is -2.34. The third-order valence-electron chi connectivity index (χ3n) is 4.60. The van der Waals surface area contributed by atoms with Crippen LogP contribution in [0.5, 0.6) is 5.75 Å². The van der Waals surface area contributed by atoms with Gasteiger partial charge >= 0.3 is 0 Å². The molecule has 1 N–H and O–H groups in total. The van der Waals surface area contributed by atoms with Gasteiger partial charge in [-0.05, 0) is 30.7 Å². The van der Waals surface area contributed by atoms with Gasteiger partial charge in [0.25, 0.3) is 11.8 Å². The highest BCUT2D eigenvalue weighted by Crippen LogP contribution is 2.25. The SMILES string of the molecule is COCCN1Cc2cc(C(=O)N[C@@H](C)c3ccccc3)ccc2OCC1=O. The Morgan fingerprint density at radius 1 is 1.26 bits per heavy atom. The van der Waals surface area contributed by atoms with E-state index in [0.717, 1.165) is 11.1 Å². The van der Waals surface area contributed by atoms with Crippen molar-refractivity contribution >= 4 is 11.8 Å². The van der Waals surface area contributed by atoms with Crippen LogP contribution in [0.3, 0.4) is 0 Å². The first-order valence-electron chi connectivity index (χ1n) is 8.96. The summed E-state index contributed by atoms with van der Waals surface area (Å²) < 4.78 is 10.7. The zero-order valence-corrected chi connectivity index (χ0v) is 15.6. The molecule has 0 fully saturated rings. The van der Waals surface area contributed by atoms with Crippen molar-refractivity contribution < 1.29 is 19.1 Å². The lowest BCUT2D eigenvalue weighted by molar-refractivity contribution is -0.133. The molecule has 0 spiro atoms. The Morgan fingerprint density at radius 3 is 2.78 bits per heavy atom. The summed E-state index contributed by atoms with van der Waals surface area (Å²) in [5.41, 5.74) is 2.40. The second kappa shape index (κ2) is 8.68. The maximum Gasteiger partial charge on any atom is 0.260 e. The molecule has 2 aromatic carbocycles. The molecule has 142 valence electrons. The van der Waals surface area contributed by atoms with Gasteiger partial charge < -0.3 is 19.7 Å². The number of fused-ring (bicyclic) bond motifs is 1. The Bertz CT molecular complexity index is 807. The zero-order valence-electron chi connectivity index (χ0n) is 15.6. The van der Waals surface area contributed by atoms with Gasteiger partial charge in [0, 0.05) is 31.3 Å². The fraction of sp³-hybridized carbons (Fsp3) is 0.333. The van der Waals surface area contributed by atoms with Crippen molar-refractivity contribution in [3.05, 3.63) is 65.2 Å². The van der Waals surface area contributed by atoms with Crippen LogP contribution in [0.15, 0.2) is 48.5 Å². The highest BCUT2D eigenvalue weighted by molar-refractivity contribution is 5.95. The van der Waals surface area contributed by atoms with Gasteiger partial charge in [0.05, 0.1) is 12.6 Å². The van der Waals surface area contributed by atoms with Crippen LogP contribution >= 0.6 is 0 Å². The molecule has 1 aliphatic heterocycles. The van der Waals surface area contributed by atoms with Crippen LogP contribution in [-0.4, -0.2) is 43.6 Å². The van der Waals surface area contributed by atoms with E-state index in [1.165, 1.54) is 0 Å². The summed E-state index contributed by atoms with van der Waals surface area (Å²) in [5.74, 6) is 0.385. The van der Waals surface area contributed by atoms with E-state index in [4.69, 9.17) is 9.47 Å². The first-order chi connectivity index (χ1) is 13.1. The van der Waals surface area contributed by atoms with E-state index < -0.39 is 0 Å². The first kappa shape index (κ1) is 18.9. The van der Waals surface area contributed by atoms with E-state index in [0.29, 0.717) is 31.0 Å². The summed E-state index contributed by atoms with van der Waals surface area (Å²) >= 11 is 0. The van der Waals surface area contributed by atoms with E-state index in [2.05, 4.69) is 5.32 Å². The van der Waals surface area contributed by atoms with Gasteiger partial charge in [0.2, 0.25) is 0 Å². The first-order valence-corrected chi connectivity index (χ1v) is 8.96. The molecule has 27 heavy (non-hydrogen) atoms. The molecule has 6 heteroatoms. The molecular formula is C21H24N2O4. The Hall–Kier alpha value is -2.86. The predicted molar refractivity (Wildman–Crippen MR) is 102 cm³/mol. The second-order valence-corrected chi connectivity index (χ2v) is 6.53. The minimum absolute atomic E-state index is 0.00665. The van der Waals surface area contributed by atoms with Crippen molar-refractivity contribution in [3.63, 3.8) is 0 Å². The number of hydrogen-bond acceptors (Lipinski definition) is 4. The molecular weight excluding hydrogens is 344 g/mol. The Labute approximate surface area is 159 Å². The second-order valence-electron chi connectivity index (χ2n) is 6.53. The lowest BCUT2D eigenvalue weighted by atomic mass is 10.1. The summed E-state index contributed by atoms with van der Waals surface area (Å²) in [6.07, 6.45) is 0. The van der Waals surface area contributed by atoms with E-state index >= 15 is 0 Å². The quantitative estimate of drug-likeness (QED) is 0.851. The van der Waals surface area contributed by atoms with Crippen molar-refractivity contribution in [2.24, 2.45) is 0 Å². The van der Waals surface area contributed by atoms with Crippen molar-refractivity contribution in [1.82, 2.24) is 10.2 Å². The summed E-state index contributed by atoms with van der Waals surface area (Å²) in [6.45, 7) is 3.28. The van der Waals surface area contributed by atoms with Crippen molar-refractivity contribution in [1.29, 1.82) is 0 Å². The number of nitrogens with zero attached hydrogens (tertiary/aromatic N) is 1. The topological polar surface area (TPSA) is 67.9 Å². The number of hydrogen-bond donors (Lipinski definition) is 1. The molecule has 6 nitrogen and oxygen atoms in total. The number of rotatable bonds is 6. The van der Waals surface area contributed by atoms with Crippen LogP contribution in [0, 0.1) is 0 Å². The van der Waals surface area contributed by atoms with E-state index in [1.807, 2.05) is 37.3 Å². The molecule has 2 aromatic rings. The minimum Gasteiger partial charge on any atom is -0.483 e. The standard InChI is InChI=1S/C21H24N2O4/c1-15(16-6-4-3-5-7-16)22-21(25)17-8-9-19-18(12-17)13-23(10-11-26-2)20(24)14-27-19/h3-9,12,15H,10-11,13-14H2,1-2H3,(H,22,25)/t15-/m0/s1. The molecule has 3 rings (SSSR count). The zero-order chi connectivity index (χ0) is 19.2. The summed E-state index contributed by atoms with van der Waals surface area (Å²) in [6, 6.07) is 15.0. The lowest BCUT2D eigenvalue weighted by Gasteiger charge is -2.19. The molecule has 0 aromatic heterocycles. The van der Waals surface area contributed by atoms with Crippen molar-refractivity contribution in [2.75, 3.05) is 26.9 Å². The number of nitrogens with one attached hydrogen (secondary N) is 1. The maximum absolute atomic E-state index is 12.7. The fourth-order valence-corrected chi connectivity index (χ4v) is 3.02. The average molecular weight is 368 g/mol. The number of carbonyl (C=O) groups is 2. The molecule has 1 aliphatic rings. The highest BCUT2D eigenvalue weighted by atomic mass is 16.5. The summed E-state index contributed by atoms with van der Waals surface area (Å²) in [4.78, 5) is 26.5. The smallest absolute Gasteiger partial charge is 0.260 e. The predicted octanol–water partition coefficient (Wildman–Crippen LogP) is 2.55. The van der Waals surface area contributed by atoms with Gasteiger partial charge in [-0.1, -0.05) is 30.3 Å². The molecule has 0 saturated carbocycles. The monoisotopic (exact) mass is 368 g/mol. The molecule has 1 heterocycles. The molecule has 2 amide bonds. The van der Waals surface area contributed by atoms with Crippen LogP contribution in [0.25, 0.3) is 0 Å². The summed E-state index contributed by atoms with van der Waals surface area (Å²) in [7, 11) is 1.60. The number of ether oxygens (including phenoxy) is 2. The van der Waals surface area contributed by atoms with E-state index in [1.54, 1.807) is 30.2 Å². The normalized spacial score (nSPS) is 14.7. The van der Waals surface area contributed by atoms with Gasteiger partial charge in [-0.15, -0.1) is 0 Å². The largest absolute Gasteiger partial charge is 0.483 e. The van der Waals surface area contributed by atoms with Crippen LogP contribution in [-0.2, 0) is 16.1 Å². The molecule has 0 bridgehead atoms. The molecule has 0 saturated heterocycles. The van der Waals surface area contributed by atoms with Gasteiger partial charge in [0.15, 0.2) is 6.61 Å². The van der Waals surface area contributed by atoms with Gasteiger partial charge in [-0.3, -0.25) is 9.59 Å². The van der Waals surface area contributed by atoms with Crippen LogP contribution in [0.2, 0.25) is 0 Å². The highest BCUT2D eigenvalue weighted by Gasteiger charge is 2.22. The third-order valence-corrected chi connectivity index (χ3v) is 4.60. The van der Waals surface area contributed by atoms with Gasteiger partial charge in [0.1, 0.15) is 5.75 Å². The van der Waals surface area contributed by atoms with E-state index in [-0.39, 0.29) is 24.5 Å². The van der Waals surface area contributed by atoms with Crippen molar-refractivity contribution in [3.8, 4) is 5.75 Å².